The minimum atomic E-state index is -0.955. The molecular weight excluding hydrogens is 440 g/mol. The second-order valence-electron chi connectivity index (χ2n) is 9.79. The minimum Gasteiger partial charge on any atom is -0.390 e. The molecule has 0 aromatic heterocycles. The van der Waals surface area contributed by atoms with Gasteiger partial charge in [-0.1, -0.05) is 13.8 Å². The number of alkyl halides is 1. The highest BCUT2D eigenvalue weighted by molar-refractivity contribution is 7.99. The lowest BCUT2D eigenvalue weighted by atomic mass is 9.85. The molecule has 3 heterocycles. The molecule has 10 atom stereocenters. The molecule has 4 N–H and O–H groups in total. The van der Waals surface area contributed by atoms with E-state index in [1.165, 1.54) is 18.2 Å². The van der Waals surface area contributed by atoms with Gasteiger partial charge in [0.15, 0.2) is 0 Å². The quantitative estimate of drug-likeness (QED) is 0.413. The maximum atomic E-state index is 13.2. The molecule has 0 aliphatic carbocycles. The van der Waals surface area contributed by atoms with Crippen LogP contribution in [0.15, 0.2) is 0 Å². The molecule has 1 amide bonds. The van der Waals surface area contributed by atoms with E-state index in [2.05, 4.69) is 24.5 Å². The Morgan fingerprint density at radius 1 is 1.29 bits per heavy atom. The van der Waals surface area contributed by atoms with E-state index >= 15 is 0 Å². The summed E-state index contributed by atoms with van der Waals surface area (Å²) in [5.41, 5.74) is -0.555. The first-order valence-electron chi connectivity index (χ1n) is 11.5. The van der Waals surface area contributed by atoms with Crippen LogP contribution in [-0.2, 0) is 14.3 Å². The summed E-state index contributed by atoms with van der Waals surface area (Å²) in [7, 11) is 0. The molecule has 3 aliphatic heterocycles. The van der Waals surface area contributed by atoms with Crippen LogP contribution in [0.1, 0.15) is 46.5 Å². The summed E-state index contributed by atoms with van der Waals surface area (Å²) in [5.74, 6) is 1.49. The zero-order chi connectivity index (χ0) is 22.7. The van der Waals surface area contributed by atoms with Gasteiger partial charge in [-0.05, 0) is 50.2 Å². The van der Waals surface area contributed by atoms with Crippen molar-refractivity contribution in [3.63, 3.8) is 0 Å². The standard InChI is InChI=1S/C22H39ClN2O5S/c1-11(2)7-13-5-6-29-20-14(8-13)10-24-18(20)21(28)25-17(12(3)23)16-9-15(26)19(27)22(30-16)31-4/h11-20,22,24,26-27H,5-10H2,1-4H3,(H,25,28)/t12-,13+,14-,15+,16-,17+,18-,19?,20+,22?/m0/s1. The molecule has 0 aromatic carbocycles. The van der Waals surface area contributed by atoms with Crippen LogP contribution in [0, 0.1) is 17.8 Å². The first-order valence-corrected chi connectivity index (χ1v) is 13.3. The van der Waals surface area contributed by atoms with Crippen molar-refractivity contribution in [3.05, 3.63) is 0 Å². The zero-order valence-corrected chi connectivity index (χ0v) is 20.6. The van der Waals surface area contributed by atoms with Crippen molar-refractivity contribution in [3.8, 4) is 0 Å². The number of thioether (sulfide) groups is 1. The molecule has 0 spiro atoms. The Balaban J connectivity index is 1.64. The predicted octanol–water partition coefficient (Wildman–Crippen LogP) is 1.73. The lowest BCUT2D eigenvalue weighted by Gasteiger charge is -2.41. The van der Waals surface area contributed by atoms with Crippen LogP contribution < -0.4 is 10.6 Å². The van der Waals surface area contributed by atoms with Crippen molar-refractivity contribution >= 4 is 29.3 Å². The molecule has 9 heteroatoms. The second-order valence-corrected chi connectivity index (χ2v) is 11.4. The Labute approximate surface area is 195 Å². The van der Waals surface area contributed by atoms with Crippen LogP contribution in [0.25, 0.3) is 0 Å². The number of rotatable bonds is 7. The highest BCUT2D eigenvalue weighted by Gasteiger charge is 2.46. The zero-order valence-electron chi connectivity index (χ0n) is 19.0. The minimum absolute atomic E-state index is 0.137. The van der Waals surface area contributed by atoms with Gasteiger partial charge in [-0.25, -0.2) is 0 Å². The van der Waals surface area contributed by atoms with Crippen LogP contribution in [0.4, 0.5) is 0 Å². The van der Waals surface area contributed by atoms with Gasteiger partial charge >= 0.3 is 0 Å². The highest BCUT2D eigenvalue weighted by atomic mass is 35.5. The molecule has 0 radical (unpaired) electrons. The van der Waals surface area contributed by atoms with E-state index in [9.17, 15) is 15.0 Å². The third-order valence-corrected chi connectivity index (χ3v) is 7.97. The summed E-state index contributed by atoms with van der Waals surface area (Å²) in [6.07, 6.45) is 2.88. The van der Waals surface area contributed by atoms with Crippen molar-refractivity contribution in [2.45, 2.75) is 93.8 Å². The first-order chi connectivity index (χ1) is 14.7. The van der Waals surface area contributed by atoms with Gasteiger partial charge in [0.2, 0.25) is 5.91 Å². The van der Waals surface area contributed by atoms with Crippen molar-refractivity contribution in [2.24, 2.45) is 17.8 Å². The van der Waals surface area contributed by atoms with Gasteiger partial charge in [-0.2, -0.15) is 0 Å². The molecule has 3 fully saturated rings. The number of carbonyl (C=O) groups is 1. The third-order valence-electron chi connectivity index (χ3n) is 6.85. The first kappa shape index (κ1) is 25.5. The Hall–Kier alpha value is -0.0900. The van der Waals surface area contributed by atoms with Gasteiger partial charge < -0.3 is 30.3 Å². The van der Waals surface area contributed by atoms with Gasteiger partial charge in [0.1, 0.15) is 17.6 Å². The Kier molecular flexibility index (Phi) is 9.36. The molecule has 31 heavy (non-hydrogen) atoms. The fourth-order valence-electron chi connectivity index (χ4n) is 5.32. The van der Waals surface area contributed by atoms with E-state index in [0.29, 0.717) is 24.4 Å². The lowest BCUT2D eigenvalue weighted by Crippen LogP contribution is -2.59. The fourth-order valence-corrected chi connectivity index (χ4v) is 6.26. The number of carbonyl (C=O) groups excluding carboxylic acids is 1. The molecule has 2 unspecified atom stereocenters. The van der Waals surface area contributed by atoms with Crippen LogP contribution in [0.2, 0.25) is 0 Å². The van der Waals surface area contributed by atoms with Gasteiger partial charge in [0.25, 0.3) is 0 Å². The number of ether oxygens (including phenoxy) is 2. The molecular formula is C22H39ClN2O5S. The smallest absolute Gasteiger partial charge is 0.240 e. The van der Waals surface area contributed by atoms with Crippen molar-refractivity contribution in [1.82, 2.24) is 10.6 Å². The maximum Gasteiger partial charge on any atom is 0.240 e. The molecule has 3 aliphatic rings. The average Bonchev–Trinajstić information content (AvgIpc) is 2.99. The average molecular weight is 479 g/mol. The van der Waals surface area contributed by atoms with E-state index in [0.717, 1.165) is 19.4 Å². The summed E-state index contributed by atoms with van der Waals surface area (Å²) in [4.78, 5) is 13.2. The fraction of sp³-hybridized carbons (Fsp3) is 0.955. The molecule has 3 rings (SSSR count). The van der Waals surface area contributed by atoms with Crippen molar-refractivity contribution < 1.29 is 24.5 Å². The van der Waals surface area contributed by atoms with Crippen LogP contribution >= 0.6 is 23.4 Å². The maximum absolute atomic E-state index is 13.2. The monoisotopic (exact) mass is 478 g/mol. The van der Waals surface area contributed by atoms with E-state index < -0.39 is 41.2 Å². The number of aliphatic hydroxyl groups is 2. The summed E-state index contributed by atoms with van der Waals surface area (Å²) in [6.45, 7) is 7.78. The number of amides is 1. The molecule has 0 bridgehead atoms. The van der Waals surface area contributed by atoms with Gasteiger partial charge in [0.05, 0.1) is 29.7 Å². The van der Waals surface area contributed by atoms with Crippen molar-refractivity contribution in [1.29, 1.82) is 0 Å². The largest absolute Gasteiger partial charge is 0.390 e. The van der Waals surface area contributed by atoms with Crippen molar-refractivity contribution in [2.75, 3.05) is 19.4 Å². The van der Waals surface area contributed by atoms with E-state index in [1.54, 1.807) is 0 Å². The number of nitrogens with one attached hydrogen (secondary N) is 2. The lowest BCUT2D eigenvalue weighted by molar-refractivity contribution is -0.148. The topological polar surface area (TPSA) is 100 Å². The van der Waals surface area contributed by atoms with E-state index in [-0.39, 0.29) is 18.4 Å². The number of fused-ring (bicyclic) bond motifs is 1. The summed E-state index contributed by atoms with van der Waals surface area (Å²) in [5, 5.41) is 26.4. The molecule has 0 saturated carbocycles. The van der Waals surface area contributed by atoms with E-state index in [4.69, 9.17) is 21.1 Å². The van der Waals surface area contributed by atoms with Crippen LogP contribution in [0.5, 0.6) is 0 Å². The molecule has 180 valence electrons. The summed E-state index contributed by atoms with van der Waals surface area (Å²) < 4.78 is 12.1. The Morgan fingerprint density at radius 3 is 2.68 bits per heavy atom. The summed E-state index contributed by atoms with van der Waals surface area (Å²) in [6, 6.07) is -0.901. The molecule has 0 aromatic rings. The highest BCUT2D eigenvalue weighted by Crippen LogP contribution is 2.34. The number of hydrogen-bond donors (Lipinski definition) is 4. The van der Waals surface area contributed by atoms with Crippen LogP contribution in [-0.4, -0.2) is 82.8 Å². The summed E-state index contributed by atoms with van der Waals surface area (Å²) >= 11 is 7.77. The van der Waals surface area contributed by atoms with E-state index in [1.807, 2.05) is 13.2 Å². The normalized spacial score (nSPS) is 40.8. The molecule has 3 saturated heterocycles. The Bertz CT molecular complexity index is 598. The third kappa shape index (κ3) is 6.28. The molecule has 7 nitrogen and oxygen atoms in total. The van der Waals surface area contributed by atoms with Gasteiger partial charge in [0, 0.05) is 19.6 Å². The van der Waals surface area contributed by atoms with Gasteiger partial charge in [-0.15, -0.1) is 23.4 Å². The predicted molar refractivity (Wildman–Crippen MR) is 123 cm³/mol. The Morgan fingerprint density at radius 2 is 2.03 bits per heavy atom. The SMILES string of the molecule is CSC1O[C@H]([C@H](NC(=O)[C@H]2NC[C@@H]3C[C@@H](CC(C)C)CCO[C@H]32)[C@H](C)Cl)C[C@@H](O)C1O. The number of aliphatic hydroxyl groups excluding tert-OH is 2. The number of hydrogen-bond acceptors (Lipinski definition) is 7. The van der Waals surface area contributed by atoms with Gasteiger partial charge in [-0.3, -0.25) is 4.79 Å². The van der Waals surface area contributed by atoms with Crippen LogP contribution in [0.3, 0.4) is 0 Å². The second kappa shape index (κ2) is 11.4. The number of halogens is 1.